The Kier molecular flexibility index (Phi) is 5.93. The fourth-order valence-corrected chi connectivity index (χ4v) is 3.38. The molecule has 2 heterocycles. The summed E-state index contributed by atoms with van der Waals surface area (Å²) in [6, 6.07) is 7.98. The number of carbonyl (C=O) groups excluding carboxylic acids is 1. The monoisotopic (exact) mass is 358 g/mol. The molecule has 0 radical (unpaired) electrons. The van der Waals surface area contributed by atoms with Gasteiger partial charge in [-0.15, -0.1) is 0 Å². The van der Waals surface area contributed by atoms with Gasteiger partial charge in [-0.2, -0.15) is 0 Å². The number of aryl methyl sites for hydroxylation is 2. The van der Waals surface area contributed by atoms with Crippen LogP contribution in [0.2, 0.25) is 0 Å². The molecule has 1 unspecified atom stereocenters. The van der Waals surface area contributed by atoms with Gasteiger partial charge in [-0.3, -0.25) is 4.79 Å². The van der Waals surface area contributed by atoms with E-state index >= 15 is 0 Å². The van der Waals surface area contributed by atoms with E-state index in [1.807, 2.05) is 36.9 Å². The fourth-order valence-electron chi connectivity index (χ4n) is 3.38. The molecule has 0 saturated carbocycles. The largest absolute Gasteiger partial charge is 0.497 e. The third-order valence-corrected chi connectivity index (χ3v) is 4.86. The summed E-state index contributed by atoms with van der Waals surface area (Å²) in [4.78, 5) is 14.5. The molecule has 1 amide bonds. The number of ether oxygens (including phenoxy) is 2. The summed E-state index contributed by atoms with van der Waals surface area (Å²) in [5, 5.41) is 3.95. The Labute approximate surface area is 154 Å². The van der Waals surface area contributed by atoms with Gasteiger partial charge < -0.3 is 18.9 Å². The van der Waals surface area contributed by atoms with Gasteiger partial charge in [0, 0.05) is 31.5 Å². The van der Waals surface area contributed by atoms with Gasteiger partial charge >= 0.3 is 0 Å². The molecule has 2 aromatic rings. The third kappa shape index (κ3) is 4.43. The second kappa shape index (κ2) is 8.36. The van der Waals surface area contributed by atoms with Crippen molar-refractivity contribution in [3.05, 3.63) is 46.8 Å². The summed E-state index contributed by atoms with van der Waals surface area (Å²) in [5.41, 5.74) is 3.06. The van der Waals surface area contributed by atoms with Crippen LogP contribution in [0, 0.1) is 13.8 Å². The predicted molar refractivity (Wildman–Crippen MR) is 97.3 cm³/mol. The van der Waals surface area contributed by atoms with Crippen molar-refractivity contribution in [3.63, 3.8) is 0 Å². The smallest absolute Gasteiger partial charge is 0.223 e. The van der Waals surface area contributed by atoms with Crippen molar-refractivity contribution >= 4 is 5.91 Å². The van der Waals surface area contributed by atoms with E-state index < -0.39 is 0 Å². The molecule has 0 N–H and O–H groups in total. The zero-order chi connectivity index (χ0) is 18.5. The molecule has 6 heteroatoms. The quantitative estimate of drug-likeness (QED) is 0.794. The highest BCUT2D eigenvalue weighted by molar-refractivity contribution is 5.76. The molecule has 0 bridgehead atoms. The van der Waals surface area contributed by atoms with Gasteiger partial charge in [0.15, 0.2) is 0 Å². The number of hydrogen-bond donors (Lipinski definition) is 0. The summed E-state index contributed by atoms with van der Waals surface area (Å²) >= 11 is 0. The summed E-state index contributed by atoms with van der Waals surface area (Å²) < 4.78 is 16.3. The van der Waals surface area contributed by atoms with Crippen molar-refractivity contribution < 1.29 is 18.8 Å². The van der Waals surface area contributed by atoms with E-state index in [1.54, 1.807) is 7.11 Å². The second-order valence-corrected chi connectivity index (χ2v) is 6.69. The fraction of sp³-hybridized carbons (Fsp3) is 0.500. The summed E-state index contributed by atoms with van der Waals surface area (Å²) in [7, 11) is 1.66. The lowest BCUT2D eigenvalue weighted by Crippen LogP contribution is -2.46. The number of aromatic nitrogens is 1. The normalized spacial score (nSPS) is 17.3. The maximum atomic E-state index is 12.6. The van der Waals surface area contributed by atoms with Crippen LogP contribution in [0.5, 0.6) is 5.75 Å². The highest BCUT2D eigenvalue weighted by Gasteiger charge is 2.25. The van der Waals surface area contributed by atoms with Gasteiger partial charge in [0.25, 0.3) is 0 Å². The minimum Gasteiger partial charge on any atom is -0.497 e. The van der Waals surface area contributed by atoms with Gasteiger partial charge in [0.05, 0.1) is 25.5 Å². The average Bonchev–Trinajstić information content (AvgIpc) is 2.98. The molecule has 140 valence electrons. The summed E-state index contributed by atoms with van der Waals surface area (Å²) in [6.07, 6.45) is 1.91. The average molecular weight is 358 g/mol. The number of hydrogen-bond acceptors (Lipinski definition) is 5. The van der Waals surface area contributed by atoms with Crippen molar-refractivity contribution in [3.8, 4) is 5.75 Å². The minimum atomic E-state index is 0.0128. The number of amides is 1. The Hall–Kier alpha value is -2.34. The maximum absolute atomic E-state index is 12.6. The van der Waals surface area contributed by atoms with Crippen molar-refractivity contribution in [1.82, 2.24) is 10.1 Å². The predicted octanol–water partition coefficient (Wildman–Crippen LogP) is 2.70. The SMILES string of the molecule is COc1cccc(CC2CN(C(=O)CCc3c(C)noc3C)CCO2)c1. The lowest BCUT2D eigenvalue weighted by Gasteiger charge is -2.33. The van der Waals surface area contributed by atoms with Crippen LogP contribution in [-0.2, 0) is 22.4 Å². The Morgan fingerprint density at radius 3 is 2.96 bits per heavy atom. The second-order valence-electron chi connectivity index (χ2n) is 6.69. The first kappa shape index (κ1) is 18.5. The number of rotatable bonds is 6. The first-order valence-corrected chi connectivity index (χ1v) is 9.01. The van der Waals surface area contributed by atoms with E-state index in [-0.39, 0.29) is 12.0 Å². The number of benzene rings is 1. The van der Waals surface area contributed by atoms with E-state index in [9.17, 15) is 4.79 Å². The Balaban J connectivity index is 1.54. The van der Waals surface area contributed by atoms with E-state index in [0.717, 1.165) is 34.8 Å². The maximum Gasteiger partial charge on any atom is 0.223 e. The molecule has 1 aliphatic heterocycles. The van der Waals surface area contributed by atoms with E-state index in [1.165, 1.54) is 0 Å². The van der Waals surface area contributed by atoms with Crippen LogP contribution in [0.15, 0.2) is 28.8 Å². The number of carbonyl (C=O) groups is 1. The zero-order valence-electron chi connectivity index (χ0n) is 15.7. The van der Waals surface area contributed by atoms with Gasteiger partial charge in [-0.05, 0) is 38.0 Å². The van der Waals surface area contributed by atoms with Gasteiger partial charge in [0.2, 0.25) is 5.91 Å². The first-order chi connectivity index (χ1) is 12.6. The van der Waals surface area contributed by atoms with Gasteiger partial charge in [-0.25, -0.2) is 0 Å². The molecule has 0 spiro atoms. The van der Waals surface area contributed by atoms with Crippen molar-refractivity contribution in [2.45, 2.75) is 39.2 Å². The van der Waals surface area contributed by atoms with Gasteiger partial charge in [0.1, 0.15) is 11.5 Å². The standard InChI is InChI=1S/C20H26N2O4/c1-14-19(15(2)26-21-14)7-8-20(23)22-9-10-25-18(13-22)12-16-5-4-6-17(11-16)24-3/h4-6,11,18H,7-10,12-13H2,1-3H3. The first-order valence-electron chi connectivity index (χ1n) is 9.01. The van der Waals surface area contributed by atoms with Crippen LogP contribution in [0.4, 0.5) is 0 Å². The molecular weight excluding hydrogens is 332 g/mol. The van der Waals surface area contributed by atoms with Crippen molar-refractivity contribution in [2.75, 3.05) is 26.8 Å². The zero-order valence-corrected chi connectivity index (χ0v) is 15.7. The lowest BCUT2D eigenvalue weighted by molar-refractivity contribution is -0.138. The van der Waals surface area contributed by atoms with Crippen molar-refractivity contribution in [1.29, 1.82) is 0 Å². The van der Waals surface area contributed by atoms with Crippen LogP contribution in [0.3, 0.4) is 0 Å². The van der Waals surface area contributed by atoms with Crippen LogP contribution in [0.1, 0.15) is 29.0 Å². The molecule has 26 heavy (non-hydrogen) atoms. The number of morpholine rings is 1. The van der Waals surface area contributed by atoms with Crippen LogP contribution >= 0.6 is 0 Å². The molecule has 1 aliphatic rings. The van der Waals surface area contributed by atoms with Crippen LogP contribution < -0.4 is 4.74 Å². The molecule has 3 rings (SSSR count). The molecule has 1 aromatic carbocycles. The highest BCUT2D eigenvalue weighted by atomic mass is 16.5. The summed E-state index contributed by atoms with van der Waals surface area (Å²) in [6.45, 7) is 5.65. The third-order valence-electron chi connectivity index (χ3n) is 4.86. The molecule has 1 aromatic heterocycles. The molecule has 0 aliphatic carbocycles. The lowest BCUT2D eigenvalue weighted by atomic mass is 10.0. The molecule has 1 atom stereocenters. The molecular formula is C20H26N2O4. The van der Waals surface area contributed by atoms with E-state index in [2.05, 4.69) is 11.2 Å². The van der Waals surface area contributed by atoms with E-state index in [4.69, 9.17) is 14.0 Å². The van der Waals surface area contributed by atoms with Crippen LogP contribution in [-0.4, -0.2) is 48.9 Å². The molecule has 1 saturated heterocycles. The number of methoxy groups -OCH3 is 1. The van der Waals surface area contributed by atoms with Gasteiger partial charge in [-0.1, -0.05) is 17.3 Å². The number of nitrogens with zero attached hydrogens (tertiary/aromatic N) is 2. The van der Waals surface area contributed by atoms with E-state index in [0.29, 0.717) is 32.5 Å². The topological polar surface area (TPSA) is 64.8 Å². The Morgan fingerprint density at radius 1 is 1.38 bits per heavy atom. The minimum absolute atomic E-state index is 0.0128. The highest BCUT2D eigenvalue weighted by Crippen LogP contribution is 2.19. The van der Waals surface area contributed by atoms with Crippen LogP contribution in [0.25, 0.3) is 0 Å². The van der Waals surface area contributed by atoms with Crippen molar-refractivity contribution in [2.24, 2.45) is 0 Å². The molecule has 1 fully saturated rings. The summed E-state index contributed by atoms with van der Waals surface area (Å²) in [5.74, 6) is 1.79. The Bertz CT molecular complexity index is 737. The molecule has 6 nitrogen and oxygen atoms in total. The Morgan fingerprint density at radius 2 is 2.23 bits per heavy atom.